The Hall–Kier alpha value is -4.59. The smallest absolute Gasteiger partial charge is 0.337 e. The van der Waals surface area contributed by atoms with Gasteiger partial charge in [-0.3, -0.25) is 9.59 Å². The molecule has 8 heteroatoms. The first-order chi connectivity index (χ1) is 16.9. The number of halogens is 1. The number of aromatic nitrogens is 1. The third kappa shape index (κ3) is 3.89. The zero-order chi connectivity index (χ0) is 24.7. The van der Waals surface area contributed by atoms with Crippen molar-refractivity contribution in [3.05, 3.63) is 100 Å². The van der Waals surface area contributed by atoms with Gasteiger partial charge in [0.2, 0.25) is 0 Å². The molecule has 0 spiro atoms. The maximum atomic E-state index is 15.0. The number of rotatable bonds is 5. The molecule has 0 aliphatic carbocycles. The van der Waals surface area contributed by atoms with Gasteiger partial charge in [-0.05, 0) is 42.8 Å². The van der Waals surface area contributed by atoms with Gasteiger partial charge in [0, 0.05) is 5.39 Å². The van der Waals surface area contributed by atoms with Crippen LogP contribution >= 0.6 is 0 Å². The second-order valence-electron chi connectivity index (χ2n) is 8.10. The maximum Gasteiger partial charge on any atom is 0.337 e. The van der Waals surface area contributed by atoms with Crippen molar-refractivity contribution in [1.82, 2.24) is 4.98 Å². The van der Waals surface area contributed by atoms with E-state index < -0.39 is 23.6 Å². The third-order valence-corrected chi connectivity index (χ3v) is 5.76. The highest BCUT2D eigenvalue weighted by atomic mass is 19.1. The fourth-order valence-electron chi connectivity index (χ4n) is 3.94. The van der Waals surface area contributed by atoms with Crippen molar-refractivity contribution in [3.63, 3.8) is 0 Å². The summed E-state index contributed by atoms with van der Waals surface area (Å²) in [6.07, 6.45) is 0. The largest absolute Gasteiger partial charge is 0.485 e. The van der Waals surface area contributed by atoms with Crippen molar-refractivity contribution >= 4 is 34.5 Å². The number of carbonyl (C=O) groups is 3. The Morgan fingerprint density at radius 2 is 1.63 bits per heavy atom. The molecule has 4 aromatic rings. The van der Waals surface area contributed by atoms with Gasteiger partial charge in [-0.1, -0.05) is 42.0 Å². The zero-order valence-corrected chi connectivity index (χ0v) is 18.9. The van der Waals surface area contributed by atoms with E-state index in [0.717, 1.165) is 22.1 Å². The molecule has 174 valence electrons. The number of aryl methyl sites for hydroxylation is 1. The van der Waals surface area contributed by atoms with Gasteiger partial charge in [0.1, 0.15) is 17.9 Å². The summed E-state index contributed by atoms with van der Waals surface area (Å²) in [5.41, 5.74) is 2.26. The quantitative estimate of drug-likeness (QED) is 0.306. The molecule has 1 aliphatic heterocycles. The lowest BCUT2D eigenvalue weighted by molar-refractivity contribution is 0.0600. The number of amides is 2. The minimum Gasteiger partial charge on any atom is -0.485 e. The molecule has 0 saturated carbocycles. The predicted molar refractivity (Wildman–Crippen MR) is 126 cm³/mol. The summed E-state index contributed by atoms with van der Waals surface area (Å²) >= 11 is 0. The minimum atomic E-state index is -0.800. The van der Waals surface area contributed by atoms with Crippen molar-refractivity contribution in [2.45, 2.75) is 13.5 Å². The van der Waals surface area contributed by atoms with E-state index in [1.54, 1.807) is 24.3 Å². The van der Waals surface area contributed by atoms with Crippen LogP contribution in [0.5, 0.6) is 5.75 Å². The molecule has 1 aromatic heterocycles. The number of anilines is 1. The number of hydrogen-bond donors (Lipinski definition) is 0. The number of esters is 1. The highest BCUT2D eigenvalue weighted by molar-refractivity contribution is 6.34. The predicted octanol–water partition coefficient (Wildman–Crippen LogP) is 4.85. The summed E-state index contributed by atoms with van der Waals surface area (Å²) < 4.78 is 25.7. The molecule has 2 heterocycles. The number of fused-ring (bicyclic) bond motifs is 2. The number of hydrogen-bond acceptors (Lipinski definition) is 6. The number of benzene rings is 3. The van der Waals surface area contributed by atoms with E-state index in [2.05, 4.69) is 4.98 Å². The number of pyridine rings is 1. The lowest BCUT2D eigenvalue weighted by Gasteiger charge is -2.19. The van der Waals surface area contributed by atoms with Gasteiger partial charge in [0.15, 0.2) is 11.6 Å². The summed E-state index contributed by atoms with van der Waals surface area (Å²) in [4.78, 5) is 43.5. The Kier molecular flexibility index (Phi) is 5.49. The van der Waals surface area contributed by atoms with Crippen LogP contribution in [0.25, 0.3) is 10.9 Å². The van der Waals surface area contributed by atoms with E-state index in [1.807, 2.05) is 31.2 Å². The van der Waals surface area contributed by atoms with Crippen molar-refractivity contribution in [1.29, 1.82) is 0 Å². The van der Waals surface area contributed by atoms with Crippen LogP contribution in [0, 0.1) is 12.7 Å². The van der Waals surface area contributed by atoms with Crippen molar-refractivity contribution in [2.24, 2.45) is 0 Å². The van der Waals surface area contributed by atoms with Gasteiger partial charge in [0.05, 0.1) is 23.8 Å². The molecule has 0 atom stereocenters. The number of imide groups is 1. The van der Waals surface area contributed by atoms with Crippen LogP contribution in [0.3, 0.4) is 0 Å². The minimum absolute atomic E-state index is 0.00253. The molecule has 35 heavy (non-hydrogen) atoms. The van der Waals surface area contributed by atoms with E-state index in [-0.39, 0.29) is 45.8 Å². The van der Waals surface area contributed by atoms with Crippen LogP contribution in [0.2, 0.25) is 0 Å². The fraction of sp³-hybridized carbons (Fsp3) is 0.111. The summed E-state index contributed by atoms with van der Waals surface area (Å²) in [7, 11) is 1.20. The highest BCUT2D eigenvalue weighted by Gasteiger charge is 2.39. The number of methoxy groups -OCH3 is 1. The van der Waals surface area contributed by atoms with E-state index in [9.17, 15) is 18.8 Å². The van der Waals surface area contributed by atoms with Gasteiger partial charge < -0.3 is 9.47 Å². The van der Waals surface area contributed by atoms with Crippen LogP contribution in [0.15, 0.2) is 66.7 Å². The van der Waals surface area contributed by atoms with E-state index in [1.165, 1.54) is 19.2 Å². The number of ether oxygens (including phenoxy) is 2. The molecule has 0 saturated heterocycles. The summed E-state index contributed by atoms with van der Waals surface area (Å²) in [5.74, 6) is -2.70. The fourth-order valence-corrected chi connectivity index (χ4v) is 3.94. The summed E-state index contributed by atoms with van der Waals surface area (Å²) in [5, 5.41) is 0.254. The molecule has 0 fully saturated rings. The van der Waals surface area contributed by atoms with E-state index in [4.69, 9.17) is 9.47 Å². The summed E-state index contributed by atoms with van der Waals surface area (Å²) in [6, 6.07) is 17.9. The standard InChI is InChI=1S/C27H19FN2O5/c1-15-7-9-16(10-8-15)14-35-22-13-17-11-18(27(33)34-2)12-21(28)23(17)29-24(22)30-25(31)19-5-3-4-6-20(19)26(30)32/h3-13H,14H2,1-2H3. The molecule has 1 aliphatic rings. The van der Waals surface area contributed by atoms with E-state index >= 15 is 0 Å². The van der Waals surface area contributed by atoms with Gasteiger partial charge in [-0.15, -0.1) is 0 Å². The Morgan fingerprint density at radius 3 is 2.26 bits per heavy atom. The molecule has 0 N–H and O–H groups in total. The van der Waals surface area contributed by atoms with Crippen LogP contribution in [-0.4, -0.2) is 29.9 Å². The molecule has 5 rings (SSSR count). The molecule has 0 unspecified atom stereocenters. The molecule has 0 bridgehead atoms. The molecular weight excluding hydrogens is 451 g/mol. The maximum absolute atomic E-state index is 15.0. The zero-order valence-electron chi connectivity index (χ0n) is 18.9. The van der Waals surface area contributed by atoms with Crippen molar-refractivity contribution in [2.75, 3.05) is 12.0 Å². The lowest BCUT2D eigenvalue weighted by Crippen LogP contribution is -2.30. The second-order valence-corrected chi connectivity index (χ2v) is 8.10. The molecule has 0 radical (unpaired) electrons. The second kappa shape index (κ2) is 8.64. The first-order valence-electron chi connectivity index (χ1n) is 10.8. The SMILES string of the molecule is COC(=O)c1cc(F)c2nc(N3C(=O)c4ccccc4C3=O)c(OCc3ccc(C)cc3)cc2c1. The Bertz CT molecular complexity index is 1480. The number of carbonyl (C=O) groups excluding carboxylic acids is 3. The van der Waals surface area contributed by atoms with E-state index in [0.29, 0.717) is 0 Å². The lowest BCUT2D eigenvalue weighted by atomic mass is 10.1. The molecular formula is C27H19FN2O5. The third-order valence-electron chi connectivity index (χ3n) is 5.76. The Labute approximate surface area is 199 Å². The van der Waals surface area contributed by atoms with Crippen molar-refractivity contribution in [3.8, 4) is 5.75 Å². The highest BCUT2D eigenvalue weighted by Crippen LogP contribution is 2.37. The Morgan fingerprint density at radius 1 is 0.971 bits per heavy atom. The summed E-state index contributed by atoms with van der Waals surface area (Å²) in [6.45, 7) is 2.08. The first-order valence-corrected chi connectivity index (χ1v) is 10.8. The molecule has 3 aromatic carbocycles. The van der Waals surface area contributed by atoms with Crippen LogP contribution in [0.1, 0.15) is 42.2 Å². The molecule has 7 nitrogen and oxygen atoms in total. The normalized spacial score (nSPS) is 12.7. The van der Waals surface area contributed by atoms with Crippen LogP contribution in [0.4, 0.5) is 10.2 Å². The monoisotopic (exact) mass is 470 g/mol. The molecule has 2 amide bonds. The van der Waals surface area contributed by atoms with Crippen molar-refractivity contribution < 1.29 is 28.2 Å². The van der Waals surface area contributed by atoms with Gasteiger partial charge in [0.25, 0.3) is 11.8 Å². The van der Waals surface area contributed by atoms with Crippen LogP contribution < -0.4 is 9.64 Å². The average Bonchev–Trinajstić information content (AvgIpc) is 3.12. The first kappa shape index (κ1) is 22.2. The topological polar surface area (TPSA) is 85.8 Å². The average molecular weight is 470 g/mol. The van der Waals surface area contributed by atoms with Gasteiger partial charge in [-0.25, -0.2) is 19.1 Å². The number of nitrogens with zero attached hydrogens (tertiary/aromatic N) is 2. The van der Waals surface area contributed by atoms with Gasteiger partial charge >= 0.3 is 5.97 Å². The Balaban J connectivity index is 1.64. The van der Waals surface area contributed by atoms with Gasteiger partial charge in [-0.2, -0.15) is 0 Å². The van der Waals surface area contributed by atoms with Crippen LogP contribution in [-0.2, 0) is 11.3 Å².